The van der Waals surface area contributed by atoms with Crippen molar-refractivity contribution >= 4 is 5.91 Å². The molecule has 1 amide bonds. The molecule has 0 spiro atoms. The van der Waals surface area contributed by atoms with E-state index < -0.39 is 0 Å². The highest BCUT2D eigenvalue weighted by Crippen LogP contribution is 2.22. The second kappa shape index (κ2) is 6.94. The molecule has 0 aliphatic carbocycles. The van der Waals surface area contributed by atoms with Crippen molar-refractivity contribution in [3.05, 3.63) is 70.8 Å². The van der Waals surface area contributed by atoms with E-state index in [2.05, 4.69) is 66.4 Å². The first-order valence-electron chi connectivity index (χ1n) is 8.03. The molecule has 1 fully saturated rings. The summed E-state index contributed by atoms with van der Waals surface area (Å²) in [7, 11) is 0. The Labute approximate surface area is 137 Å². The Morgan fingerprint density at radius 1 is 1.09 bits per heavy atom. The summed E-state index contributed by atoms with van der Waals surface area (Å²) in [5, 5.41) is 3.01. The van der Waals surface area contributed by atoms with Crippen molar-refractivity contribution in [1.82, 2.24) is 16.2 Å². The summed E-state index contributed by atoms with van der Waals surface area (Å²) in [5.74, 6) is 0.0358. The maximum atomic E-state index is 12.3. The molecule has 4 nitrogen and oxygen atoms in total. The standard InChI is InChI=1S/C19H23N3O/c1-13-6-8-16(9-7-13)17-11-18(22-21-17)19(23)20-12-15-5-3-4-14(2)10-15/h3-10,17-18,21-22H,11-12H2,1-2H3,(H,20,23). The lowest BCUT2D eigenvalue weighted by atomic mass is 10.0. The topological polar surface area (TPSA) is 53.2 Å². The molecule has 120 valence electrons. The van der Waals surface area contributed by atoms with Gasteiger partial charge >= 0.3 is 0 Å². The number of hydrazine groups is 1. The number of hydrogen-bond acceptors (Lipinski definition) is 3. The number of aryl methyl sites for hydroxylation is 2. The molecule has 0 bridgehead atoms. The van der Waals surface area contributed by atoms with Crippen LogP contribution in [0.5, 0.6) is 0 Å². The van der Waals surface area contributed by atoms with E-state index in [4.69, 9.17) is 0 Å². The second-order valence-corrected chi connectivity index (χ2v) is 6.25. The van der Waals surface area contributed by atoms with Gasteiger partial charge in [0, 0.05) is 12.6 Å². The molecule has 0 saturated carbocycles. The number of carbonyl (C=O) groups is 1. The van der Waals surface area contributed by atoms with Crippen LogP contribution in [0.4, 0.5) is 0 Å². The van der Waals surface area contributed by atoms with Crippen LogP contribution >= 0.6 is 0 Å². The fourth-order valence-corrected chi connectivity index (χ4v) is 2.88. The molecule has 3 N–H and O–H groups in total. The minimum atomic E-state index is -0.203. The fraction of sp³-hybridized carbons (Fsp3) is 0.316. The Morgan fingerprint density at radius 2 is 1.87 bits per heavy atom. The lowest BCUT2D eigenvalue weighted by Gasteiger charge is -2.11. The zero-order valence-electron chi connectivity index (χ0n) is 13.6. The van der Waals surface area contributed by atoms with Crippen molar-refractivity contribution in [2.75, 3.05) is 0 Å². The average molecular weight is 309 g/mol. The zero-order chi connectivity index (χ0) is 16.2. The second-order valence-electron chi connectivity index (χ2n) is 6.25. The van der Waals surface area contributed by atoms with Crippen molar-refractivity contribution in [2.45, 2.75) is 38.9 Å². The number of benzene rings is 2. The van der Waals surface area contributed by atoms with E-state index in [1.54, 1.807) is 0 Å². The van der Waals surface area contributed by atoms with E-state index in [9.17, 15) is 4.79 Å². The highest BCUT2D eigenvalue weighted by atomic mass is 16.2. The van der Waals surface area contributed by atoms with Gasteiger partial charge in [-0.25, -0.2) is 10.9 Å². The average Bonchev–Trinajstić information content (AvgIpc) is 3.03. The van der Waals surface area contributed by atoms with Crippen LogP contribution in [0.3, 0.4) is 0 Å². The molecule has 1 heterocycles. The lowest BCUT2D eigenvalue weighted by Crippen LogP contribution is -2.42. The smallest absolute Gasteiger partial charge is 0.238 e. The summed E-state index contributed by atoms with van der Waals surface area (Å²) in [5.41, 5.74) is 11.1. The molecule has 0 radical (unpaired) electrons. The van der Waals surface area contributed by atoms with Gasteiger partial charge in [-0.05, 0) is 31.4 Å². The van der Waals surface area contributed by atoms with Crippen LogP contribution in [0.25, 0.3) is 0 Å². The predicted molar refractivity (Wildman–Crippen MR) is 91.6 cm³/mol. The largest absolute Gasteiger partial charge is 0.351 e. The third kappa shape index (κ3) is 3.97. The van der Waals surface area contributed by atoms with Crippen molar-refractivity contribution < 1.29 is 4.79 Å². The Bertz CT molecular complexity index is 681. The van der Waals surface area contributed by atoms with Crippen LogP contribution in [0.1, 0.15) is 34.7 Å². The molecule has 1 saturated heterocycles. The third-order valence-corrected chi connectivity index (χ3v) is 4.25. The molecule has 1 aliphatic rings. The van der Waals surface area contributed by atoms with Crippen LogP contribution in [0.15, 0.2) is 48.5 Å². The van der Waals surface area contributed by atoms with E-state index >= 15 is 0 Å². The van der Waals surface area contributed by atoms with Crippen LogP contribution in [-0.4, -0.2) is 11.9 Å². The highest BCUT2D eigenvalue weighted by molar-refractivity contribution is 5.82. The van der Waals surface area contributed by atoms with E-state index in [1.807, 2.05) is 12.1 Å². The van der Waals surface area contributed by atoms with Crippen molar-refractivity contribution in [3.63, 3.8) is 0 Å². The van der Waals surface area contributed by atoms with Crippen LogP contribution < -0.4 is 16.2 Å². The normalized spacial score (nSPS) is 20.4. The van der Waals surface area contributed by atoms with Gasteiger partial charge in [-0.3, -0.25) is 4.79 Å². The molecule has 0 aromatic heterocycles. The molecule has 1 aliphatic heterocycles. The van der Waals surface area contributed by atoms with Crippen LogP contribution in [0, 0.1) is 13.8 Å². The molecule has 3 rings (SSSR count). The minimum Gasteiger partial charge on any atom is -0.351 e. The zero-order valence-corrected chi connectivity index (χ0v) is 13.6. The quantitative estimate of drug-likeness (QED) is 0.813. The number of nitrogens with one attached hydrogen (secondary N) is 3. The first-order valence-corrected chi connectivity index (χ1v) is 8.03. The van der Waals surface area contributed by atoms with Gasteiger partial charge in [0.15, 0.2) is 0 Å². The van der Waals surface area contributed by atoms with Gasteiger partial charge in [0.1, 0.15) is 6.04 Å². The van der Waals surface area contributed by atoms with E-state index in [0.717, 1.165) is 12.0 Å². The van der Waals surface area contributed by atoms with E-state index in [-0.39, 0.29) is 18.0 Å². The summed E-state index contributed by atoms with van der Waals surface area (Å²) in [6, 6.07) is 16.6. The summed E-state index contributed by atoms with van der Waals surface area (Å²) >= 11 is 0. The molecule has 2 aromatic rings. The first-order chi connectivity index (χ1) is 11.1. The van der Waals surface area contributed by atoms with Crippen molar-refractivity contribution in [2.24, 2.45) is 0 Å². The van der Waals surface area contributed by atoms with Crippen molar-refractivity contribution in [1.29, 1.82) is 0 Å². The Hall–Kier alpha value is -2.17. The fourth-order valence-electron chi connectivity index (χ4n) is 2.88. The first kappa shape index (κ1) is 15.7. The van der Waals surface area contributed by atoms with Gasteiger partial charge in [0.2, 0.25) is 5.91 Å². The minimum absolute atomic E-state index is 0.0358. The van der Waals surface area contributed by atoms with Gasteiger partial charge in [-0.1, -0.05) is 59.7 Å². The van der Waals surface area contributed by atoms with Gasteiger partial charge in [-0.2, -0.15) is 0 Å². The third-order valence-electron chi connectivity index (χ3n) is 4.25. The summed E-state index contributed by atoms with van der Waals surface area (Å²) in [6.07, 6.45) is 0.753. The Balaban J connectivity index is 1.54. The number of rotatable bonds is 4. The molecule has 4 heteroatoms. The van der Waals surface area contributed by atoms with Crippen LogP contribution in [0.2, 0.25) is 0 Å². The van der Waals surface area contributed by atoms with E-state index in [1.165, 1.54) is 16.7 Å². The van der Waals surface area contributed by atoms with Crippen molar-refractivity contribution in [3.8, 4) is 0 Å². The number of carbonyl (C=O) groups excluding carboxylic acids is 1. The number of amides is 1. The maximum absolute atomic E-state index is 12.3. The monoisotopic (exact) mass is 309 g/mol. The SMILES string of the molecule is Cc1ccc(C2CC(C(=O)NCc3cccc(C)c3)NN2)cc1. The molecule has 2 aromatic carbocycles. The summed E-state index contributed by atoms with van der Waals surface area (Å²) < 4.78 is 0. The molecule has 23 heavy (non-hydrogen) atoms. The summed E-state index contributed by atoms with van der Waals surface area (Å²) in [6.45, 7) is 4.69. The lowest BCUT2D eigenvalue weighted by molar-refractivity contribution is -0.123. The van der Waals surface area contributed by atoms with E-state index in [0.29, 0.717) is 6.54 Å². The predicted octanol–water partition coefficient (Wildman–Crippen LogP) is 2.53. The van der Waals surface area contributed by atoms with Crippen LogP contribution in [-0.2, 0) is 11.3 Å². The van der Waals surface area contributed by atoms with Gasteiger partial charge < -0.3 is 5.32 Å². The maximum Gasteiger partial charge on any atom is 0.238 e. The molecular formula is C19H23N3O. The van der Waals surface area contributed by atoms with Gasteiger partial charge in [-0.15, -0.1) is 0 Å². The summed E-state index contributed by atoms with van der Waals surface area (Å²) in [4.78, 5) is 12.3. The van der Waals surface area contributed by atoms with Gasteiger partial charge in [0.25, 0.3) is 0 Å². The number of hydrogen-bond donors (Lipinski definition) is 3. The highest BCUT2D eigenvalue weighted by Gasteiger charge is 2.29. The molecule has 2 unspecified atom stereocenters. The molecular weight excluding hydrogens is 286 g/mol. The van der Waals surface area contributed by atoms with Gasteiger partial charge in [0.05, 0.1) is 0 Å². The Kier molecular flexibility index (Phi) is 4.74. The Morgan fingerprint density at radius 3 is 2.61 bits per heavy atom. The molecule has 2 atom stereocenters.